The third kappa shape index (κ3) is 2.12. The van der Waals surface area contributed by atoms with Crippen molar-refractivity contribution in [1.82, 2.24) is 4.98 Å². The number of Topliss-reactive ketones (excluding diaryl/α,β-unsaturated/α-hetero) is 1. The highest BCUT2D eigenvalue weighted by atomic mass is 35.5. The molecule has 2 aromatic rings. The number of aromatic nitrogens is 1. The van der Waals surface area contributed by atoms with Gasteiger partial charge < -0.3 is 0 Å². The summed E-state index contributed by atoms with van der Waals surface area (Å²) >= 11 is 13.4. The minimum atomic E-state index is -0.00748. The average molecular weight is 272 g/mol. The molecule has 5 heteroatoms. The van der Waals surface area contributed by atoms with Gasteiger partial charge in [-0.05, 0) is 12.1 Å². The van der Waals surface area contributed by atoms with Gasteiger partial charge in [-0.3, -0.25) is 4.79 Å². The summed E-state index contributed by atoms with van der Waals surface area (Å²) in [4.78, 5) is 15.9. The monoisotopic (exact) mass is 271 g/mol. The summed E-state index contributed by atoms with van der Waals surface area (Å²) in [6.45, 7) is 1.51. The molecule has 82 valence electrons. The molecule has 16 heavy (non-hydrogen) atoms. The molecule has 1 aromatic heterocycles. The lowest BCUT2D eigenvalue weighted by Crippen LogP contribution is -1.83. The Morgan fingerprint density at radius 3 is 2.44 bits per heavy atom. The van der Waals surface area contributed by atoms with Crippen molar-refractivity contribution in [2.75, 3.05) is 0 Å². The van der Waals surface area contributed by atoms with Crippen LogP contribution in [0, 0.1) is 0 Å². The van der Waals surface area contributed by atoms with Crippen LogP contribution in [0.25, 0.3) is 10.6 Å². The van der Waals surface area contributed by atoms with Crippen LogP contribution in [-0.2, 0) is 0 Å². The summed E-state index contributed by atoms with van der Waals surface area (Å²) in [5.41, 5.74) is 0.684. The Labute approximate surface area is 107 Å². The molecular formula is C11H7Cl2NOS. The maximum atomic E-state index is 11.2. The van der Waals surface area contributed by atoms with Gasteiger partial charge in [-0.1, -0.05) is 29.3 Å². The maximum absolute atomic E-state index is 11.2. The van der Waals surface area contributed by atoms with Crippen LogP contribution < -0.4 is 0 Å². The Balaban J connectivity index is 2.54. The van der Waals surface area contributed by atoms with Gasteiger partial charge >= 0.3 is 0 Å². The lowest BCUT2D eigenvalue weighted by Gasteiger charge is -2.01. The van der Waals surface area contributed by atoms with Gasteiger partial charge in [0, 0.05) is 18.7 Å². The van der Waals surface area contributed by atoms with Crippen molar-refractivity contribution < 1.29 is 4.79 Å². The van der Waals surface area contributed by atoms with Gasteiger partial charge in [0.05, 0.1) is 14.9 Å². The van der Waals surface area contributed by atoms with E-state index in [4.69, 9.17) is 23.2 Å². The van der Waals surface area contributed by atoms with E-state index in [0.29, 0.717) is 25.5 Å². The topological polar surface area (TPSA) is 30.0 Å². The lowest BCUT2D eigenvalue weighted by molar-refractivity contribution is 0.102. The van der Waals surface area contributed by atoms with Gasteiger partial charge in [-0.15, -0.1) is 11.3 Å². The summed E-state index contributed by atoms with van der Waals surface area (Å²) in [5, 5.41) is 1.75. The molecule has 2 rings (SSSR count). The smallest absolute Gasteiger partial charge is 0.171 e. The van der Waals surface area contributed by atoms with Crippen molar-refractivity contribution in [2.45, 2.75) is 6.92 Å². The quantitative estimate of drug-likeness (QED) is 0.762. The van der Waals surface area contributed by atoms with Crippen LogP contribution in [0.5, 0.6) is 0 Å². The highest BCUT2D eigenvalue weighted by Gasteiger charge is 2.13. The molecule has 0 atom stereocenters. The van der Waals surface area contributed by atoms with Crippen LogP contribution >= 0.6 is 34.5 Å². The second kappa shape index (κ2) is 4.53. The number of rotatable bonds is 2. The Morgan fingerprint density at radius 1 is 1.31 bits per heavy atom. The molecule has 1 heterocycles. The first kappa shape index (κ1) is 11.6. The van der Waals surface area contributed by atoms with E-state index in [1.54, 1.807) is 24.4 Å². The highest BCUT2D eigenvalue weighted by molar-refractivity contribution is 7.17. The average Bonchev–Trinajstić information content (AvgIpc) is 2.66. The summed E-state index contributed by atoms with van der Waals surface area (Å²) in [5.74, 6) is -0.00748. The van der Waals surface area contributed by atoms with Gasteiger partial charge in [0.25, 0.3) is 0 Å². The van der Waals surface area contributed by atoms with Crippen LogP contribution in [-0.4, -0.2) is 10.8 Å². The van der Waals surface area contributed by atoms with Crippen molar-refractivity contribution in [3.05, 3.63) is 39.3 Å². The molecule has 0 aliphatic heterocycles. The standard InChI is InChI=1S/C11H7Cl2NOS/c1-6(15)9-5-14-11(16-9)10-7(12)3-2-4-8(10)13/h2-5H,1H3. The molecule has 0 aliphatic carbocycles. The molecule has 0 N–H and O–H groups in total. The summed E-state index contributed by atoms with van der Waals surface area (Å²) in [7, 11) is 0. The zero-order valence-corrected chi connectivity index (χ0v) is 10.7. The second-order valence-electron chi connectivity index (χ2n) is 3.18. The predicted molar refractivity (Wildman–Crippen MR) is 67.6 cm³/mol. The van der Waals surface area contributed by atoms with E-state index in [9.17, 15) is 4.79 Å². The first-order valence-electron chi connectivity index (χ1n) is 4.50. The third-order valence-electron chi connectivity index (χ3n) is 2.03. The van der Waals surface area contributed by atoms with Gasteiger partial charge in [0.15, 0.2) is 5.78 Å². The lowest BCUT2D eigenvalue weighted by atomic mass is 10.2. The Kier molecular flexibility index (Phi) is 3.28. The molecule has 0 radical (unpaired) electrons. The van der Waals surface area contributed by atoms with Crippen LogP contribution in [0.2, 0.25) is 10.0 Å². The molecule has 0 aliphatic rings. The number of hydrogen-bond donors (Lipinski definition) is 0. The molecule has 0 amide bonds. The Morgan fingerprint density at radius 2 is 1.94 bits per heavy atom. The van der Waals surface area contributed by atoms with E-state index in [1.807, 2.05) is 0 Å². The minimum absolute atomic E-state index is 0.00748. The van der Waals surface area contributed by atoms with Gasteiger partial charge in [0.1, 0.15) is 5.01 Å². The van der Waals surface area contributed by atoms with Crippen LogP contribution in [0.15, 0.2) is 24.4 Å². The number of ketones is 1. The predicted octanol–water partition coefficient (Wildman–Crippen LogP) is 4.32. The second-order valence-corrected chi connectivity index (χ2v) is 5.03. The van der Waals surface area contributed by atoms with Crippen molar-refractivity contribution >= 4 is 40.3 Å². The summed E-state index contributed by atoms with van der Waals surface area (Å²) < 4.78 is 0. The van der Waals surface area contributed by atoms with Gasteiger partial charge in [-0.2, -0.15) is 0 Å². The maximum Gasteiger partial charge on any atom is 0.171 e. The Bertz CT molecular complexity index is 530. The number of carbonyl (C=O) groups excluding carboxylic acids is 1. The van der Waals surface area contributed by atoms with Crippen LogP contribution in [0.1, 0.15) is 16.6 Å². The van der Waals surface area contributed by atoms with E-state index in [-0.39, 0.29) is 5.78 Å². The molecule has 2 nitrogen and oxygen atoms in total. The van der Waals surface area contributed by atoms with Crippen molar-refractivity contribution in [3.63, 3.8) is 0 Å². The third-order valence-corrected chi connectivity index (χ3v) is 3.77. The largest absolute Gasteiger partial charge is 0.294 e. The first-order chi connectivity index (χ1) is 7.59. The highest BCUT2D eigenvalue weighted by Crippen LogP contribution is 2.36. The van der Waals surface area contributed by atoms with Crippen molar-refractivity contribution in [1.29, 1.82) is 0 Å². The van der Waals surface area contributed by atoms with Crippen LogP contribution in [0.4, 0.5) is 0 Å². The molecule has 0 spiro atoms. The fourth-order valence-electron chi connectivity index (χ4n) is 1.25. The van der Waals surface area contributed by atoms with E-state index in [2.05, 4.69) is 4.98 Å². The molecular weight excluding hydrogens is 265 g/mol. The normalized spacial score (nSPS) is 10.4. The first-order valence-corrected chi connectivity index (χ1v) is 6.08. The zero-order valence-electron chi connectivity index (χ0n) is 8.33. The fourth-order valence-corrected chi connectivity index (χ4v) is 2.83. The van der Waals surface area contributed by atoms with E-state index < -0.39 is 0 Å². The fraction of sp³-hybridized carbons (Fsp3) is 0.0909. The minimum Gasteiger partial charge on any atom is -0.294 e. The van der Waals surface area contributed by atoms with Crippen molar-refractivity contribution in [2.24, 2.45) is 0 Å². The van der Waals surface area contributed by atoms with Gasteiger partial charge in [-0.25, -0.2) is 4.98 Å². The zero-order chi connectivity index (χ0) is 11.7. The summed E-state index contributed by atoms with van der Waals surface area (Å²) in [6, 6.07) is 5.27. The summed E-state index contributed by atoms with van der Waals surface area (Å²) in [6.07, 6.45) is 1.54. The molecule has 0 saturated carbocycles. The number of carbonyl (C=O) groups is 1. The Hall–Kier alpha value is -0.900. The van der Waals surface area contributed by atoms with E-state index in [0.717, 1.165) is 0 Å². The number of hydrogen-bond acceptors (Lipinski definition) is 3. The molecule has 0 unspecified atom stereocenters. The number of nitrogens with zero attached hydrogens (tertiary/aromatic N) is 1. The van der Waals surface area contributed by atoms with Crippen molar-refractivity contribution in [3.8, 4) is 10.6 Å². The number of thiazole rings is 1. The molecule has 0 bridgehead atoms. The SMILES string of the molecule is CC(=O)c1cnc(-c2c(Cl)cccc2Cl)s1. The molecule has 1 aromatic carbocycles. The molecule has 0 saturated heterocycles. The number of halogens is 2. The van der Waals surface area contributed by atoms with E-state index >= 15 is 0 Å². The molecule has 0 fully saturated rings. The van der Waals surface area contributed by atoms with E-state index in [1.165, 1.54) is 18.3 Å². The van der Waals surface area contributed by atoms with Crippen LogP contribution in [0.3, 0.4) is 0 Å². The van der Waals surface area contributed by atoms with Gasteiger partial charge in [0.2, 0.25) is 0 Å². The number of benzene rings is 1.